The van der Waals surface area contributed by atoms with Crippen LogP contribution in [0.3, 0.4) is 0 Å². The number of fused-ring (bicyclic) bond motifs is 2. The molecule has 0 aromatic heterocycles. The fourth-order valence-electron chi connectivity index (χ4n) is 4.74. The molecule has 132 valence electrons. The van der Waals surface area contributed by atoms with E-state index in [1.807, 2.05) is 0 Å². The van der Waals surface area contributed by atoms with Crippen molar-refractivity contribution in [1.82, 2.24) is 0 Å². The average molecular weight is 471 g/mol. The van der Waals surface area contributed by atoms with Crippen molar-refractivity contribution in [1.29, 1.82) is 0 Å². The first-order valence-corrected chi connectivity index (χ1v) is 15.4. The molecule has 2 atom stereocenters. The third-order valence-electron chi connectivity index (χ3n) is 5.91. The zero-order chi connectivity index (χ0) is 18.9. The summed E-state index contributed by atoms with van der Waals surface area (Å²) in [6, 6.07) is 11.0. The molecule has 0 N–H and O–H groups in total. The number of allylic oxidation sites excluding steroid dienone is 4. The van der Waals surface area contributed by atoms with Gasteiger partial charge in [0, 0.05) is 11.8 Å². The summed E-state index contributed by atoms with van der Waals surface area (Å²) in [5, 5.41) is 0. The maximum absolute atomic E-state index is 4.93. The molecular weight excluding hydrogens is 450 g/mol. The van der Waals surface area contributed by atoms with Gasteiger partial charge in [-0.25, -0.2) is 0 Å². The molecule has 0 saturated heterocycles. The van der Waals surface area contributed by atoms with Crippen molar-refractivity contribution in [3.63, 3.8) is 0 Å². The Bertz CT molecular complexity index is 685. The van der Waals surface area contributed by atoms with Gasteiger partial charge in [-0.3, -0.25) is 0 Å². The minimum atomic E-state index is -0.826. The van der Waals surface area contributed by atoms with E-state index in [4.69, 9.17) is 17.0 Å². The predicted molar refractivity (Wildman–Crippen MR) is 110 cm³/mol. The van der Waals surface area contributed by atoms with Gasteiger partial charge < -0.3 is 0 Å². The zero-order valence-corrected chi connectivity index (χ0v) is 19.1. The fraction of sp³-hybridized carbons (Fsp3) is 0.167. The Hall–Kier alpha value is 0.163. The Morgan fingerprint density at radius 3 is 2.44 bits per heavy atom. The second-order valence-corrected chi connectivity index (χ2v) is 11.0. The summed E-state index contributed by atoms with van der Waals surface area (Å²) in [7, 11) is 9.87. The zero-order valence-electron chi connectivity index (χ0n) is 15.1. The minimum absolute atomic E-state index is 0.0858. The molecule has 0 spiro atoms. The van der Waals surface area contributed by atoms with Crippen LogP contribution in [0.2, 0.25) is 0 Å². The van der Waals surface area contributed by atoms with Crippen LogP contribution in [0.1, 0.15) is 24.8 Å². The van der Waals surface area contributed by atoms with Crippen molar-refractivity contribution >= 4 is 17.0 Å². The average Bonchev–Trinajstić information content (AvgIpc) is 3.39. The molecule has 3 saturated carbocycles. The van der Waals surface area contributed by atoms with E-state index < -0.39 is 20.8 Å². The van der Waals surface area contributed by atoms with Gasteiger partial charge in [0.15, 0.2) is 0 Å². The molecule has 5 rings (SSSR count). The molecule has 0 bridgehead atoms. The van der Waals surface area contributed by atoms with Crippen LogP contribution < -0.4 is 0 Å². The molecule has 0 aliphatic heterocycles. The maximum atomic E-state index is 4.93. The van der Waals surface area contributed by atoms with Gasteiger partial charge in [0.05, 0.1) is 0 Å². The Kier molecular flexibility index (Phi) is 6.73. The third-order valence-corrected chi connectivity index (χ3v) is 5.91. The van der Waals surface area contributed by atoms with E-state index in [1.165, 1.54) is 35.2 Å². The molecule has 0 heterocycles. The topological polar surface area (TPSA) is 0 Å². The molecule has 27 heavy (non-hydrogen) atoms. The summed E-state index contributed by atoms with van der Waals surface area (Å²) >= 11 is -0.826. The van der Waals surface area contributed by atoms with Crippen molar-refractivity contribution in [2.75, 3.05) is 0 Å². The summed E-state index contributed by atoms with van der Waals surface area (Å²) in [5.74, 6) is 7.74. The van der Waals surface area contributed by atoms with Crippen LogP contribution in [-0.2, 0) is 20.8 Å². The molecule has 1 aromatic rings. The van der Waals surface area contributed by atoms with Crippen LogP contribution in [0, 0.1) is 67.1 Å². The molecule has 0 amide bonds. The number of rotatable bonds is 2. The van der Waals surface area contributed by atoms with Gasteiger partial charge in [0.25, 0.3) is 0 Å². The molecule has 3 heteroatoms. The van der Waals surface area contributed by atoms with Crippen molar-refractivity contribution in [3.8, 4) is 0 Å². The van der Waals surface area contributed by atoms with E-state index in [0.717, 1.165) is 6.42 Å². The van der Waals surface area contributed by atoms with E-state index in [2.05, 4.69) is 93.7 Å². The van der Waals surface area contributed by atoms with Crippen LogP contribution >= 0.6 is 17.0 Å². The number of benzene rings is 1. The Balaban J connectivity index is 0.000000565. The molecule has 1 aromatic carbocycles. The van der Waals surface area contributed by atoms with Crippen LogP contribution in [0.4, 0.5) is 0 Å². The molecule has 10 radical (unpaired) electrons. The van der Waals surface area contributed by atoms with Gasteiger partial charge in [-0.05, 0) is 73.2 Å². The number of halogens is 2. The van der Waals surface area contributed by atoms with Crippen molar-refractivity contribution in [2.24, 2.45) is 5.41 Å². The summed E-state index contributed by atoms with van der Waals surface area (Å²) in [6.45, 7) is 2.43. The van der Waals surface area contributed by atoms with Gasteiger partial charge in [0.1, 0.15) is 0 Å². The molecule has 3 fully saturated rings. The Morgan fingerprint density at radius 2 is 1.67 bits per heavy atom. The molecule has 0 nitrogen and oxygen atoms in total. The summed E-state index contributed by atoms with van der Waals surface area (Å²) in [5.41, 5.74) is 1.52. The Labute approximate surface area is 183 Å². The van der Waals surface area contributed by atoms with Crippen LogP contribution in [0.25, 0.3) is 0 Å². The van der Waals surface area contributed by atoms with Gasteiger partial charge in [-0.1, -0.05) is 61.6 Å². The van der Waals surface area contributed by atoms with Crippen molar-refractivity contribution in [3.05, 3.63) is 122 Å². The van der Waals surface area contributed by atoms with Gasteiger partial charge in [0.2, 0.25) is 0 Å². The normalized spacial score (nSPS) is 31.4. The second kappa shape index (κ2) is 8.89. The SMILES string of the molecule is CC1([C]2[CH][CH][C]3C=CC=C[C]32)CC(c2ccccc2)[C]2[CH][CH][CH][C]21.[Cl][Zr+2][Cl]. The van der Waals surface area contributed by atoms with E-state index in [-0.39, 0.29) is 5.41 Å². The van der Waals surface area contributed by atoms with Gasteiger partial charge in [-0.15, -0.1) is 0 Å². The summed E-state index contributed by atoms with van der Waals surface area (Å²) in [6.07, 6.45) is 21.4. The first-order valence-electron chi connectivity index (χ1n) is 9.11. The van der Waals surface area contributed by atoms with Gasteiger partial charge in [-0.2, -0.15) is 0 Å². The summed E-state index contributed by atoms with van der Waals surface area (Å²) in [4.78, 5) is 0. The van der Waals surface area contributed by atoms with E-state index in [9.17, 15) is 0 Å². The Morgan fingerprint density at radius 1 is 0.926 bits per heavy atom. The number of hydrogen-bond donors (Lipinski definition) is 0. The first-order chi connectivity index (χ1) is 13.2. The van der Waals surface area contributed by atoms with Gasteiger partial charge >= 0.3 is 37.9 Å². The van der Waals surface area contributed by atoms with Crippen molar-refractivity contribution < 1.29 is 20.8 Å². The molecule has 4 aliphatic carbocycles. The quantitative estimate of drug-likeness (QED) is 0.457. The van der Waals surface area contributed by atoms with Crippen LogP contribution in [0.15, 0.2) is 54.6 Å². The summed E-state index contributed by atoms with van der Waals surface area (Å²) < 4.78 is 0. The molecule has 4 aliphatic rings. The van der Waals surface area contributed by atoms with Crippen LogP contribution in [0.5, 0.6) is 0 Å². The van der Waals surface area contributed by atoms with E-state index in [1.54, 1.807) is 0 Å². The van der Waals surface area contributed by atoms with E-state index >= 15 is 0 Å². The van der Waals surface area contributed by atoms with Crippen LogP contribution in [-0.4, -0.2) is 0 Å². The fourth-order valence-corrected chi connectivity index (χ4v) is 4.74. The molecule has 2 unspecified atom stereocenters. The second-order valence-electron chi connectivity index (χ2n) is 7.30. The van der Waals surface area contributed by atoms with Crippen molar-refractivity contribution in [2.45, 2.75) is 19.3 Å². The third kappa shape index (κ3) is 3.83. The predicted octanol–water partition coefficient (Wildman–Crippen LogP) is 6.60. The van der Waals surface area contributed by atoms with E-state index in [0.29, 0.717) is 5.92 Å². The number of hydrogen-bond acceptors (Lipinski definition) is 0. The monoisotopic (exact) mass is 468 g/mol. The standard InChI is InChI=1S/C24H20.2ClH.Zr/c1-24(23-15-14-18-10-5-6-11-19(18)23)16-21(17-8-3-2-4-9-17)20-12-7-13-22(20)24;;;/h2-15,21H,16H2,1H3;2*1H;/q;;;+4/p-2. The molecular formula is C24H20Cl2Zr+2. The first kappa shape index (κ1) is 20.4.